The summed E-state index contributed by atoms with van der Waals surface area (Å²) in [4.78, 5) is 26.4. The largest absolute Gasteiger partial charge is 0.457 e. The summed E-state index contributed by atoms with van der Waals surface area (Å²) in [6.45, 7) is 3.02. The summed E-state index contributed by atoms with van der Waals surface area (Å²) in [5, 5.41) is 0. The van der Waals surface area contributed by atoms with Crippen LogP contribution in [0.5, 0.6) is 11.5 Å². The lowest BCUT2D eigenvalue weighted by molar-refractivity contribution is 0.0475. The van der Waals surface area contributed by atoms with Gasteiger partial charge in [-0.05, 0) is 50.1 Å². The number of hydrogen-bond donors (Lipinski definition) is 0. The van der Waals surface area contributed by atoms with Gasteiger partial charge >= 0.3 is 0 Å². The minimum Gasteiger partial charge on any atom is -0.457 e. The van der Waals surface area contributed by atoms with Gasteiger partial charge in [-0.1, -0.05) is 17.7 Å². The van der Waals surface area contributed by atoms with Crippen molar-refractivity contribution < 1.29 is 19.1 Å². The van der Waals surface area contributed by atoms with Gasteiger partial charge in [0.1, 0.15) is 11.5 Å². The van der Waals surface area contributed by atoms with Crippen LogP contribution in [-0.2, 0) is 4.74 Å². The third kappa shape index (κ3) is 3.03. The quantitative estimate of drug-likeness (QED) is 0.801. The highest BCUT2D eigenvalue weighted by atomic mass is 16.5. The number of carbonyl (C=O) groups excluding carboxylic acids is 2. The van der Waals surface area contributed by atoms with Crippen LogP contribution in [0.15, 0.2) is 42.5 Å². The lowest BCUT2D eigenvalue weighted by Gasteiger charge is -2.17. The van der Waals surface area contributed by atoms with Crippen LogP contribution in [0.4, 0.5) is 0 Å². The minimum absolute atomic E-state index is 0.0505. The molecule has 1 saturated heterocycles. The van der Waals surface area contributed by atoms with Gasteiger partial charge < -0.3 is 9.47 Å². The van der Waals surface area contributed by atoms with E-state index in [1.54, 1.807) is 18.2 Å². The van der Waals surface area contributed by atoms with Gasteiger partial charge in [0, 0.05) is 6.61 Å². The minimum atomic E-state index is -0.273. The molecular weight excluding hydrogens is 318 g/mol. The lowest BCUT2D eigenvalue weighted by Crippen LogP contribution is -2.36. The SMILES string of the molecule is Cc1ccc(Oc2ccc3c(c2)C(=O)N(C[C@@H]2CCCO2)C3=O)cc1. The van der Waals surface area contributed by atoms with Gasteiger partial charge in [0.2, 0.25) is 0 Å². The van der Waals surface area contributed by atoms with Crippen LogP contribution in [0.3, 0.4) is 0 Å². The molecule has 0 N–H and O–H groups in total. The van der Waals surface area contributed by atoms with E-state index < -0.39 is 0 Å². The van der Waals surface area contributed by atoms with Crippen molar-refractivity contribution in [3.05, 3.63) is 59.2 Å². The van der Waals surface area contributed by atoms with Gasteiger partial charge in [-0.25, -0.2) is 0 Å². The number of amides is 2. The molecule has 0 spiro atoms. The Kier molecular flexibility index (Phi) is 4.01. The number of fused-ring (bicyclic) bond motifs is 1. The molecule has 2 aliphatic rings. The number of rotatable bonds is 4. The van der Waals surface area contributed by atoms with Crippen LogP contribution >= 0.6 is 0 Å². The van der Waals surface area contributed by atoms with Gasteiger partial charge in [0.15, 0.2) is 0 Å². The van der Waals surface area contributed by atoms with Gasteiger partial charge in [0.05, 0.1) is 23.8 Å². The third-order valence-electron chi connectivity index (χ3n) is 4.61. The van der Waals surface area contributed by atoms with E-state index in [9.17, 15) is 9.59 Å². The molecule has 2 heterocycles. The van der Waals surface area contributed by atoms with E-state index >= 15 is 0 Å². The Hall–Kier alpha value is -2.66. The predicted octanol–water partition coefficient (Wildman–Crippen LogP) is 3.56. The molecular formula is C20H19NO4. The maximum Gasteiger partial charge on any atom is 0.261 e. The molecule has 2 aromatic rings. The molecule has 1 atom stereocenters. The highest BCUT2D eigenvalue weighted by molar-refractivity contribution is 6.21. The first-order valence-corrected chi connectivity index (χ1v) is 8.48. The second-order valence-electron chi connectivity index (χ2n) is 6.48. The third-order valence-corrected chi connectivity index (χ3v) is 4.61. The first-order chi connectivity index (χ1) is 12.1. The van der Waals surface area contributed by atoms with Gasteiger partial charge in [-0.3, -0.25) is 14.5 Å². The van der Waals surface area contributed by atoms with Crippen molar-refractivity contribution >= 4 is 11.8 Å². The Morgan fingerprint density at radius 2 is 1.76 bits per heavy atom. The molecule has 1 fully saturated rings. The number of ether oxygens (including phenoxy) is 2. The van der Waals surface area contributed by atoms with Crippen LogP contribution < -0.4 is 4.74 Å². The van der Waals surface area contributed by atoms with Gasteiger partial charge in [-0.2, -0.15) is 0 Å². The molecule has 2 aliphatic heterocycles. The zero-order chi connectivity index (χ0) is 17.4. The van der Waals surface area contributed by atoms with E-state index in [-0.39, 0.29) is 17.9 Å². The molecule has 128 valence electrons. The van der Waals surface area contributed by atoms with Gasteiger partial charge in [0.25, 0.3) is 11.8 Å². The monoisotopic (exact) mass is 337 g/mol. The number of aryl methyl sites for hydroxylation is 1. The summed E-state index contributed by atoms with van der Waals surface area (Å²) in [7, 11) is 0. The second kappa shape index (κ2) is 6.33. The molecule has 5 nitrogen and oxygen atoms in total. The molecule has 0 bridgehead atoms. The van der Waals surface area contributed by atoms with E-state index in [2.05, 4.69) is 0 Å². The van der Waals surface area contributed by atoms with Crippen molar-refractivity contribution in [2.75, 3.05) is 13.2 Å². The second-order valence-corrected chi connectivity index (χ2v) is 6.48. The zero-order valence-corrected chi connectivity index (χ0v) is 14.0. The molecule has 0 radical (unpaired) electrons. The summed E-state index contributed by atoms with van der Waals surface area (Å²) in [5.74, 6) is 0.712. The summed E-state index contributed by atoms with van der Waals surface area (Å²) >= 11 is 0. The maximum absolute atomic E-state index is 12.6. The first kappa shape index (κ1) is 15.8. The molecule has 0 aromatic heterocycles. The van der Waals surface area contributed by atoms with E-state index in [1.807, 2.05) is 31.2 Å². The summed E-state index contributed by atoms with van der Waals surface area (Å²) in [6, 6.07) is 12.7. The number of hydrogen-bond acceptors (Lipinski definition) is 4. The lowest BCUT2D eigenvalue weighted by atomic mass is 10.1. The number of imide groups is 1. The van der Waals surface area contributed by atoms with Crippen LogP contribution in [0.25, 0.3) is 0 Å². The molecule has 2 aromatic carbocycles. The Balaban J connectivity index is 1.55. The molecule has 4 rings (SSSR count). The highest BCUT2D eigenvalue weighted by Crippen LogP contribution is 2.30. The Morgan fingerprint density at radius 1 is 1.04 bits per heavy atom. The summed E-state index contributed by atoms with van der Waals surface area (Å²) in [6.07, 6.45) is 1.81. The smallest absolute Gasteiger partial charge is 0.261 e. The van der Waals surface area contributed by atoms with E-state index in [0.29, 0.717) is 35.8 Å². The van der Waals surface area contributed by atoms with Crippen molar-refractivity contribution in [1.29, 1.82) is 0 Å². The Morgan fingerprint density at radius 3 is 2.48 bits per heavy atom. The fourth-order valence-electron chi connectivity index (χ4n) is 3.23. The molecule has 0 aliphatic carbocycles. The molecule has 0 unspecified atom stereocenters. The molecule has 5 heteroatoms. The highest BCUT2D eigenvalue weighted by Gasteiger charge is 2.37. The molecule has 0 saturated carbocycles. The number of benzene rings is 2. The predicted molar refractivity (Wildman–Crippen MR) is 92.0 cm³/mol. The fraction of sp³-hybridized carbons (Fsp3) is 0.300. The average molecular weight is 337 g/mol. The number of carbonyl (C=O) groups is 2. The van der Waals surface area contributed by atoms with E-state index in [4.69, 9.17) is 9.47 Å². The van der Waals surface area contributed by atoms with E-state index in [1.165, 1.54) is 4.90 Å². The summed E-state index contributed by atoms with van der Waals surface area (Å²) < 4.78 is 11.4. The summed E-state index contributed by atoms with van der Waals surface area (Å²) in [5.41, 5.74) is 1.97. The fourth-order valence-corrected chi connectivity index (χ4v) is 3.23. The number of nitrogens with zero attached hydrogens (tertiary/aromatic N) is 1. The topological polar surface area (TPSA) is 55.8 Å². The van der Waals surface area contributed by atoms with Gasteiger partial charge in [-0.15, -0.1) is 0 Å². The average Bonchev–Trinajstić information content (AvgIpc) is 3.20. The van der Waals surface area contributed by atoms with Crippen molar-refractivity contribution in [1.82, 2.24) is 4.90 Å². The van der Waals surface area contributed by atoms with Crippen LogP contribution in [0.2, 0.25) is 0 Å². The van der Waals surface area contributed by atoms with Crippen LogP contribution in [0.1, 0.15) is 39.1 Å². The maximum atomic E-state index is 12.6. The first-order valence-electron chi connectivity index (χ1n) is 8.48. The molecule has 25 heavy (non-hydrogen) atoms. The van der Waals surface area contributed by atoms with Crippen LogP contribution in [0, 0.1) is 6.92 Å². The van der Waals surface area contributed by atoms with E-state index in [0.717, 1.165) is 18.4 Å². The molecule has 2 amide bonds. The van der Waals surface area contributed by atoms with Crippen molar-refractivity contribution in [2.45, 2.75) is 25.9 Å². The van der Waals surface area contributed by atoms with Crippen molar-refractivity contribution in [2.24, 2.45) is 0 Å². The standard InChI is InChI=1S/C20H19NO4/c1-13-4-6-14(7-5-13)25-15-8-9-17-18(11-15)20(23)21(19(17)22)12-16-3-2-10-24-16/h4-9,11,16H,2-3,10,12H2,1H3/t16-/m0/s1. The van der Waals surface area contributed by atoms with Crippen molar-refractivity contribution in [3.63, 3.8) is 0 Å². The Labute approximate surface area is 146 Å². The zero-order valence-electron chi connectivity index (χ0n) is 14.0. The van der Waals surface area contributed by atoms with Crippen LogP contribution in [-0.4, -0.2) is 36.0 Å². The Bertz CT molecular complexity index is 822. The van der Waals surface area contributed by atoms with Crippen molar-refractivity contribution in [3.8, 4) is 11.5 Å². The normalized spacial score (nSPS) is 19.4.